The molecule has 5 nitrogen and oxygen atoms in total. The first-order valence-electron chi connectivity index (χ1n) is 5.67. The van der Waals surface area contributed by atoms with Crippen LogP contribution < -0.4 is 14.8 Å². The van der Waals surface area contributed by atoms with Crippen LogP contribution in [0, 0.1) is 12.8 Å². The van der Waals surface area contributed by atoms with Crippen LogP contribution in [0.25, 0.3) is 0 Å². The highest BCUT2D eigenvalue weighted by atomic mass is 79.9. The van der Waals surface area contributed by atoms with E-state index in [0.29, 0.717) is 25.3 Å². The molecule has 100 valence electrons. The quantitative estimate of drug-likeness (QED) is 0.847. The zero-order valence-electron chi connectivity index (χ0n) is 10.1. The summed E-state index contributed by atoms with van der Waals surface area (Å²) in [7, 11) is -3.44. The van der Waals surface area contributed by atoms with E-state index in [1.54, 1.807) is 6.07 Å². The number of hydrogen-bond acceptors (Lipinski definition) is 3. The number of nitrogens with one attached hydrogen (secondary N) is 1. The van der Waals surface area contributed by atoms with Crippen molar-refractivity contribution in [1.29, 1.82) is 0 Å². The summed E-state index contributed by atoms with van der Waals surface area (Å²) in [6, 6.07) is 5.51. The van der Waals surface area contributed by atoms with Gasteiger partial charge in [-0.15, -0.1) is 0 Å². The van der Waals surface area contributed by atoms with Gasteiger partial charge in [0.15, 0.2) is 0 Å². The zero-order valence-corrected chi connectivity index (χ0v) is 12.5. The molecule has 1 atom stereocenters. The van der Waals surface area contributed by atoms with E-state index in [4.69, 9.17) is 5.73 Å². The number of halogens is 1. The summed E-state index contributed by atoms with van der Waals surface area (Å²) < 4.78 is 28.8. The monoisotopic (exact) mass is 333 g/mol. The first kappa shape index (κ1) is 13.8. The molecule has 1 aliphatic heterocycles. The molecule has 7 heteroatoms. The first-order valence-corrected chi connectivity index (χ1v) is 7.91. The normalized spacial score (nSPS) is 23.1. The lowest BCUT2D eigenvalue weighted by Gasteiger charge is -2.33. The molecule has 18 heavy (non-hydrogen) atoms. The minimum absolute atomic E-state index is 0.133. The molecule has 0 aliphatic carbocycles. The van der Waals surface area contributed by atoms with Crippen LogP contribution in [0.4, 0.5) is 5.69 Å². The Morgan fingerprint density at radius 1 is 1.56 bits per heavy atom. The Morgan fingerprint density at radius 3 is 2.89 bits per heavy atom. The van der Waals surface area contributed by atoms with Crippen LogP contribution in [0.1, 0.15) is 5.56 Å². The number of hydrogen-bond donors (Lipinski definition) is 2. The van der Waals surface area contributed by atoms with Crippen molar-refractivity contribution in [3.63, 3.8) is 0 Å². The molecule has 1 saturated heterocycles. The topological polar surface area (TPSA) is 75.4 Å². The van der Waals surface area contributed by atoms with E-state index in [1.165, 1.54) is 4.31 Å². The molecular formula is C11H16BrN3O2S. The van der Waals surface area contributed by atoms with Crippen LogP contribution in [-0.2, 0) is 10.2 Å². The second-order valence-electron chi connectivity index (χ2n) is 4.42. The average Bonchev–Trinajstić information content (AvgIpc) is 2.33. The van der Waals surface area contributed by atoms with E-state index >= 15 is 0 Å². The van der Waals surface area contributed by atoms with Crippen molar-refractivity contribution in [3.8, 4) is 0 Å². The van der Waals surface area contributed by atoms with Crippen LogP contribution in [0.5, 0.6) is 0 Å². The Hall–Kier alpha value is -0.630. The SMILES string of the molecule is Cc1ccc(N2CC(CN)CNS2(=O)=O)cc1Br. The Labute approximate surface area is 116 Å². The zero-order chi connectivity index (χ0) is 13.3. The molecule has 0 spiro atoms. The van der Waals surface area contributed by atoms with Gasteiger partial charge >= 0.3 is 10.2 Å². The Balaban J connectivity index is 2.36. The van der Waals surface area contributed by atoms with E-state index in [2.05, 4.69) is 20.7 Å². The molecular weight excluding hydrogens is 318 g/mol. The summed E-state index contributed by atoms with van der Waals surface area (Å²) in [5.41, 5.74) is 7.33. The highest BCUT2D eigenvalue weighted by molar-refractivity contribution is 9.10. The molecule has 0 bridgehead atoms. The fourth-order valence-electron chi connectivity index (χ4n) is 1.84. The highest BCUT2D eigenvalue weighted by Crippen LogP contribution is 2.27. The number of aryl methyl sites for hydroxylation is 1. The molecule has 1 aromatic rings. The number of nitrogens with zero attached hydrogens (tertiary/aromatic N) is 1. The van der Waals surface area contributed by atoms with E-state index in [1.807, 2.05) is 19.1 Å². The molecule has 1 aliphatic rings. The lowest BCUT2D eigenvalue weighted by atomic mass is 10.1. The summed E-state index contributed by atoms with van der Waals surface area (Å²) in [5.74, 6) is 0.133. The van der Waals surface area contributed by atoms with Crippen LogP contribution in [0.2, 0.25) is 0 Å². The molecule has 1 unspecified atom stereocenters. The average molecular weight is 334 g/mol. The first-order chi connectivity index (χ1) is 8.44. The van der Waals surface area contributed by atoms with Gasteiger partial charge in [-0.25, -0.2) is 0 Å². The Morgan fingerprint density at radius 2 is 2.28 bits per heavy atom. The summed E-state index contributed by atoms with van der Waals surface area (Å²) in [6.07, 6.45) is 0. The van der Waals surface area contributed by atoms with Crippen molar-refractivity contribution < 1.29 is 8.42 Å². The summed E-state index contributed by atoms with van der Waals surface area (Å²) in [5, 5.41) is 0. The minimum Gasteiger partial charge on any atom is -0.330 e. The number of benzene rings is 1. The van der Waals surface area contributed by atoms with Crippen LogP contribution in [0.3, 0.4) is 0 Å². The molecule has 2 rings (SSSR count). The van der Waals surface area contributed by atoms with Crippen molar-refractivity contribution in [2.45, 2.75) is 6.92 Å². The van der Waals surface area contributed by atoms with Crippen LogP contribution in [-0.4, -0.2) is 28.1 Å². The van der Waals surface area contributed by atoms with E-state index in [-0.39, 0.29) is 5.92 Å². The van der Waals surface area contributed by atoms with Crippen LogP contribution >= 0.6 is 15.9 Å². The van der Waals surface area contributed by atoms with Gasteiger partial charge in [0.2, 0.25) is 0 Å². The predicted octanol–water partition coefficient (Wildman–Crippen LogP) is 0.987. The number of nitrogens with two attached hydrogens (primary N) is 1. The summed E-state index contributed by atoms with van der Waals surface area (Å²) >= 11 is 3.42. The molecule has 1 heterocycles. The lowest BCUT2D eigenvalue weighted by Crippen LogP contribution is -2.53. The molecule has 0 saturated carbocycles. The third-order valence-corrected chi connectivity index (χ3v) is 5.37. The Bertz CT molecular complexity index is 547. The third kappa shape index (κ3) is 2.69. The summed E-state index contributed by atoms with van der Waals surface area (Å²) in [4.78, 5) is 0. The van der Waals surface area contributed by atoms with Gasteiger partial charge in [0.25, 0.3) is 0 Å². The van der Waals surface area contributed by atoms with Gasteiger partial charge in [-0.3, -0.25) is 4.31 Å². The van der Waals surface area contributed by atoms with Gasteiger partial charge in [0.05, 0.1) is 5.69 Å². The van der Waals surface area contributed by atoms with Gasteiger partial charge in [0.1, 0.15) is 0 Å². The maximum absolute atomic E-state index is 12.0. The summed E-state index contributed by atoms with van der Waals surface area (Å²) in [6.45, 7) is 3.25. The second-order valence-corrected chi connectivity index (χ2v) is 6.95. The van der Waals surface area contributed by atoms with Gasteiger partial charge < -0.3 is 5.73 Å². The van der Waals surface area contributed by atoms with Crippen LogP contribution in [0.15, 0.2) is 22.7 Å². The molecule has 3 N–H and O–H groups in total. The van der Waals surface area contributed by atoms with Gasteiger partial charge in [-0.05, 0) is 31.2 Å². The molecule has 1 aromatic carbocycles. The highest BCUT2D eigenvalue weighted by Gasteiger charge is 2.30. The standard InChI is InChI=1S/C11H16BrN3O2S/c1-8-2-3-10(4-11(8)12)15-7-9(5-13)6-14-18(15,16)17/h2-4,9,14H,5-7,13H2,1H3. The van der Waals surface area contributed by atoms with Crippen molar-refractivity contribution in [3.05, 3.63) is 28.2 Å². The predicted molar refractivity (Wildman–Crippen MR) is 75.7 cm³/mol. The Kier molecular flexibility index (Phi) is 3.96. The fourth-order valence-corrected chi connectivity index (χ4v) is 3.60. The maximum atomic E-state index is 12.0. The van der Waals surface area contributed by atoms with Gasteiger partial charge in [-0.2, -0.15) is 13.1 Å². The van der Waals surface area contributed by atoms with Crippen molar-refractivity contribution >= 4 is 31.8 Å². The smallest absolute Gasteiger partial charge is 0.301 e. The number of rotatable bonds is 2. The van der Waals surface area contributed by atoms with Crippen molar-refractivity contribution in [1.82, 2.24) is 4.72 Å². The van der Waals surface area contributed by atoms with Crippen molar-refractivity contribution in [2.24, 2.45) is 11.7 Å². The van der Waals surface area contributed by atoms with E-state index < -0.39 is 10.2 Å². The van der Waals surface area contributed by atoms with E-state index in [9.17, 15) is 8.42 Å². The molecule has 1 fully saturated rings. The lowest BCUT2D eigenvalue weighted by molar-refractivity contribution is 0.486. The maximum Gasteiger partial charge on any atom is 0.301 e. The molecule has 0 amide bonds. The minimum atomic E-state index is -3.44. The number of anilines is 1. The van der Waals surface area contributed by atoms with Gasteiger partial charge in [-0.1, -0.05) is 22.0 Å². The van der Waals surface area contributed by atoms with Gasteiger partial charge in [0, 0.05) is 23.5 Å². The third-order valence-electron chi connectivity index (χ3n) is 3.05. The second kappa shape index (κ2) is 5.16. The molecule has 0 aromatic heterocycles. The van der Waals surface area contributed by atoms with Crippen molar-refractivity contribution in [2.75, 3.05) is 23.9 Å². The fraction of sp³-hybridized carbons (Fsp3) is 0.455. The molecule has 0 radical (unpaired) electrons. The largest absolute Gasteiger partial charge is 0.330 e. The van der Waals surface area contributed by atoms with E-state index in [0.717, 1.165) is 10.0 Å².